The highest BCUT2D eigenvalue weighted by Crippen LogP contribution is 2.35. The summed E-state index contributed by atoms with van der Waals surface area (Å²) in [5.41, 5.74) is 2.48. The number of halogens is 3. The van der Waals surface area contributed by atoms with E-state index in [0.717, 1.165) is 7.88 Å². The molecule has 0 aliphatic carbocycles. The van der Waals surface area contributed by atoms with Crippen molar-refractivity contribution in [3.63, 3.8) is 0 Å². The van der Waals surface area contributed by atoms with Crippen LogP contribution >= 0.6 is 45.8 Å². The first-order valence-electron chi connectivity index (χ1n) is 9.92. The smallest absolute Gasteiger partial charge is 0.266 e. The Kier molecular flexibility index (Phi) is 7.68. The molecule has 174 valence electrons. The van der Waals surface area contributed by atoms with Gasteiger partial charge in [0.15, 0.2) is 0 Å². The van der Waals surface area contributed by atoms with Crippen LogP contribution in [0.1, 0.15) is 28.9 Å². The fourth-order valence-electron chi connectivity index (χ4n) is 3.51. The summed E-state index contributed by atoms with van der Waals surface area (Å²) in [6.07, 6.45) is 3.05. The van der Waals surface area contributed by atoms with E-state index >= 15 is 0 Å². The normalized spacial score (nSPS) is 12.9. The molecule has 1 aromatic heterocycles. The van der Waals surface area contributed by atoms with Gasteiger partial charge in [-0.1, -0.05) is 35.3 Å². The van der Waals surface area contributed by atoms with Crippen LogP contribution in [0.25, 0.3) is 11.0 Å². The summed E-state index contributed by atoms with van der Waals surface area (Å²) in [7, 11) is 0. The van der Waals surface area contributed by atoms with Gasteiger partial charge in [-0.25, -0.2) is 8.51 Å². The number of para-hydroxylation sites is 1. The van der Waals surface area contributed by atoms with Crippen LogP contribution in [0.3, 0.4) is 0 Å². The Morgan fingerprint density at radius 3 is 2.59 bits per heavy atom. The van der Waals surface area contributed by atoms with Gasteiger partial charge in [-0.05, 0) is 77.5 Å². The average molecular weight is 627 g/mol. The summed E-state index contributed by atoms with van der Waals surface area (Å²) in [6, 6.07) is 14.8. The number of aromatic nitrogens is 2. The molecule has 4 rings (SSSR count). The minimum absolute atomic E-state index is 0.209. The van der Waals surface area contributed by atoms with E-state index in [1.807, 2.05) is 0 Å². The number of fused-ring (bicyclic) bond motifs is 1. The molecule has 0 saturated heterocycles. The predicted molar refractivity (Wildman–Crippen MR) is 144 cm³/mol. The zero-order valence-corrected chi connectivity index (χ0v) is 22.1. The van der Waals surface area contributed by atoms with Gasteiger partial charge in [0.1, 0.15) is 5.52 Å². The third-order valence-electron chi connectivity index (χ3n) is 5.05. The Morgan fingerprint density at radius 2 is 1.85 bits per heavy atom. The van der Waals surface area contributed by atoms with Gasteiger partial charge in [0, 0.05) is 26.0 Å². The third-order valence-corrected chi connectivity index (χ3v) is 6.99. The Morgan fingerprint density at radius 1 is 1.09 bits per heavy atom. The minimum atomic E-state index is -2.50. The minimum Gasteiger partial charge on any atom is -0.345 e. The van der Waals surface area contributed by atoms with Crippen LogP contribution in [0, 0.1) is 3.57 Å². The SMILES string of the molecule is CC(NC(=O)c1ccc(I)cc1N(c1cccc2nccnc12)S(=O)O)c1ccc(Cl)cc1Cl. The number of nitrogens with one attached hydrogen (secondary N) is 1. The van der Waals surface area contributed by atoms with Gasteiger partial charge in [0.05, 0.1) is 28.5 Å². The van der Waals surface area contributed by atoms with Gasteiger partial charge in [0.25, 0.3) is 17.2 Å². The van der Waals surface area contributed by atoms with E-state index in [9.17, 15) is 13.6 Å². The van der Waals surface area contributed by atoms with Crippen molar-refractivity contribution < 1.29 is 13.6 Å². The maximum absolute atomic E-state index is 13.3. The molecule has 0 fully saturated rings. The van der Waals surface area contributed by atoms with E-state index in [-0.39, 0.29) is 11.3 Å². The molecule has 7 nitrogen and oxygen atoms in total. The molecule has 0 spiro atoms. The standard InChI is InChI=1S/C23H17Cl2IN4O3S/c1-13(16-7-5-14(24)11-18(16)25)29-23(31)17-8-6-15(26)12-21(17)30(34(32)33)20-4-2-3-19-22(20)28-10-9-27-19/h2-13H,1H3,(H,29,31)(H,32,33). The Balaban J connectivity index is 1.77. The molecule has 11 heteroatoms. The van der Waals surface area contributed by atoms with Crippen molar-refractivity contribution in [2.24, 2.45) is 0 Å². The topological polar surface area (TPSA) is 95.4 Å². The maximum atomic E-state index is 13.3. The number of carbonyl (C=O) groups is 1. The van der Waals surface area contributed by atoms with Crippen LogP contribution in [0.15, 0.2) is 67.0 Å². The number of amides is 1. The van der Waals surface area contributed by atoms with E-state index in [1.165, 1.54) is 6.20 Å². The van der Waals surface area contributed by atoms with E-state index in [4.69, 9.17) is 23.2 Å². The average Bonchev–Trinajstić information content (AvgIpc) is 2.79. The fraction of sp³-hybridized carbons (Fsp3) is 0.0870. The van der Waals surface area contributed by atoms with Gasteiger partial charge in [0.2, 0.25) is 0 Å². The van der Waals surface area contributed by atoms with Gasteiger partial charge in [-0.15, -0.1) is 0 Å². The van der Waals surface area contributed by atoms with Crippen molar-refractivity contribution >= 4 is 85.4 Å². The summed E-state index contributed by atoms with van der Waals surface area (Å²) in [5.74, 6) is -0.438. The van der Waals surface area contributed by atoms with Crippen molar-refractivity contribution in [3.05, 3.63) is 91.7 Å². The lowest BCUT2D eigenvalue weighted by molar-refractivity contribution is 0.0940. The zero-order chi connectivity index (χ0) is 24.4. The molecule has 0 aliphatic rings. The van der Waals surface area contributed by atoms with Crippen molar-refractivity contribution in [3.8, 4) is 0 Å². The second kappa shape index (κ2) is 10.5. The molecule has 2 atom stereocenters. The number of carbonyl (C=O) groups excluding carboxylic acids is 1. The molecular formula is C23H17Cl2IN4O3S. The summed E-state index contributed by atoms with van der Waals surface area (Å²) in [4.78, 5) is 21.9. The molecule has 0 aliphatic heterocycles. The number of rotatable bonds is 6. The maximum Gasteiger partial charge on any atom is 0.266 e. The lowest BCUT2D eigenvalue weighted by atomic mass is 10.1. The molecule has 4 aromatic rings. The molecule has 1 heterocycles. The number of benzene rings is 3. The van der Waals surface area contributed by atoms with Gasteiger partial charge >= 0.3 is 0 Å². The quantitative estimate of drug-likeness (QED) is 0.193. The van der Waals surface area contributed by atoms with Gasteiger partial charge in [-0.3, -0.25) is 19.3 Å². The van der Waals surface area contributed by atoms with E-state index in [2.05, 4.69) is 37.9 Å². The largest absolute Gasteiger partial charge is 0.345 e. The number of anilines is 2. The molecular weight excluding hydrogens is 610 g/mol. The Labute approximate surface area is 222 Å². The third kappa shape index (κ3) is 5.18. The van der Waals surface area contributed by atoms with Crippen molar-refractivity contribution in [2.75, 3.05) is 4.31 Å². The monoisotopic (exact) mass is 626 g/mol. The highest BCUT2D eigenvalue weighted by atomic mass is 127. The Hall–Kier alpha value is -2.31. The van der Waals surface area contributed by atoms with E-state index in [1.54, 1.807) is 67.7 Å². The molecule has 0 saturated carbocycles. The zero-order valence-electron chi connectivity index (χ0n) is 17.6. The van der Waals surface area contributed by atoms with Crippen molar-refractivity contribution in [2.45, 2.75) is 13.0 Å². The van der Waals surface area contributed by atoms with Crippen LogP contribution in [-0.2, 0) is 11.3 Å². The fourth-order valence-corrected chi connectivity index (χ4v) is 5.19. The molecule has 0 bridgehead atoms. The van der Waals surface area contributed by atoms with E-state index in [0.29, 0.717) is 32.3 Å². The number of nitrogens with zero attached hydrogens (tertiary/aromatic N) is 3. The summed E-state index contributed by atoms with van der Waals surface area (Å²) >= 11 is 11.9. The Bertz CT molecular complexity index is 1420. The first-order valence-corrected chi connectivity index (χ1v) is 12.8. The van der Waals surface area contributed by atoms with E-state index < -0.39 is 23.2 Å². The lowest BCUT2D eigenvalue weighted by Crippen LogP contribution is -2.30. The van der Waals surface area contributed by atoms with Crippen molar-refractivity contribution in [1.29, 1.82) is 0 Å². The van der Waals surface area contributed by atoms with Crippen LogP contribution in [0.4, 0.5) is 11.4 Å². The van der Waals surface area contributed by atoms with Gasteiger partial charge < -0.3 is 5.32 Å². The summed E-state index contributed by atoms with van der Waals surface area (Å²) < 4.78 is 24.8. The summed E-state index contributed by atoms with van der Waals surface area (Å²) in [5, 5.41) is 3.83. The first-order chi connectivity index (χ1) is 16.3. The molecule has 3 aromatic carbocycles. The van der Waals surface area contributed by atoms with Crippen LogP contribution < -0.4 is 9.62 Å². The van der Waals surface area contributed by atoms with Crippen molar-refractivity contribution in [1.82, 2.24) is 15.3 Å². The predicted octanol–water partition coefficient (Wildman–Crippen LogP) is 6.31. The number of hydrogen-bond acceptors (Lipinski definition) is 4. The van der Waals surface area contributed by atoms with Crippen LogP contribution in [0.5, 0.6) is 0 Å². The second-order valence-electron chi connectivity index (χ2n) is 7.25. The lowest BCUT2D eigenvalue weighted by Gasteiger charge is -2.24. The molecule has 34 heavy (non-hydrogen) atoms. The summed E-state index contributed by atoms with van der Waals surface area (Å²) in [6.45, 7) is 1.79. The number of hydrogen-bond donors (Lipinski definition) is 2. The van der Waals surface area contributed by atoms with Crippen LogP contribution in [0.2, 0.25) is 10.0 Å². The molecule has 1 amide bonds. The van der Waals surface area contributed by atoms with Crippen LogP contribution in [-0.4, -0.2) is 24.6 Å². The molecule has 2 N–H and O–H groups in total. The second-order valence-corrected chi connectivity index (χ2v) is 10.2. The highest BCUT2D eigenvalue weighted by molar-refractivity contribution is 14.1. The van der Waals surface area contributed by atoms with Gasteiger partial charge in [-0.2, -0.15) is 0 Å². The molecule has 2 unspecified atom stereocenters. The highest BCUT2D eigenvalue weighted by Gasteiger charge is 2.25. The molecule has 0 radical (unpaired) electrons. The first kappa shape index (κ1) is 24.8.